The smallest absolute Gasteiger partial charge is 0.406 e. The van der Waals surface area contributed by atoms with E-state index in [0.717, 1.165) is 25.7 Å². The number of unbranched alkanes of at least 4 members (excludes halogenated alkanes) is 3. The largest absolute Gasteiger partial charge is 0.573 e. The fraction of sp³-hybridized carbons (Fsp3) is 0.467. The number of ether oxygens (including phenoxy) is 1. The maximum absolute atomic E-state index is 12.0. The quantitative estimate of drug-likeness (QED) is 0.552. The molecule has 0 aliphatic carbocycles. The summed E-state index contributed by atoms with van der Waals surface area (Å²) in [4.78, 5) is 0. The van der Waals surface area contributed by atoms with Crippen LogP contribution in [0.1, 0.15) is 43.8 Å². The monoisotopic (exact) mass is 288 g/mol. The number of hydrogen-bond donors (Lipinski definition) is 1. The van der Waals surface area contributed by atoms with Crippen LogP contribution in [0.15, 0.2) is 36.9 Å². The maximum atomic E-state index is 12.0. The van der Waals surface area contributed by atoms with Crippen molar-refractivity contribution in [1.29, 1.82) is 0 Å². The van der Waals surface area contributed by atoms with Crippen molar-refractivity contribution in [3.8, 4) is 5.75 Å². The van der Waals surface area contributed by atoms with Gasteiger partial charge in [-0.3, -0.25) is 0 Å². The zero-order valence-electron chi connectivity index (χ0n) is 11.2. The minimum Gasteiger partial charge on any atom is -0.406 e. The Labute approximate surface area is 116 Å². The van der Waals surface area contributed by atoms with Crippen LogP contribution in [-0.2, 0) is 0 Å². The first-order valence-corrected chi connectivity index (χ1v) is 6.57. The van der Waals surface area contributed by atoms with Gasteiger partial charge in [0.15, 0.2) is 0 Å². The Bertz CT molecular complexity index is 399. The highest BCUT2D eigenvalue weighted by Gasteiger charge is 2.31. The second-order valence-corrected chi connectivity index (χ2v) is 4.56. The molecule has 0 spiro atoms. The predicted molar refractivity (Wildman–Crippen MR) is 71.4 cm³/mol. The second kappa shape index (κ2) is 7.94. The van der Waals surface area contributed by atoms with Gasteiger partial charge in [-0.25, -0.2) is 0 Å². The van der Waals surface area contributed by atoms with Gasteiger partial charge in [-0.2, -0.15) is 0 Å². The fourth-order valence-corrected chi connectivity index (χ4v) is 1.86. The summed E-state index contributed by atoms with van der Waals surface area (Å²) in [6.07, 6.45) is 0.971. The second-order valence-electron chi connectivity index (χ2n) is 4.56. The topological polar surface area (TPSA) is 29.5 Å². The van der Waals surface area contributed by atoms with Gasteiger partial charge in [0.1, 0.15) is 5.75 Å². The van der Waals surface area contributed by atoms with Crippen molar-refractivity contribution in [2.75, 3.05) is 0 Å². The first-order valence-electron chi connectivity index (χ1n) is 6.57. The van der Waals surface area contributed by atoms with Crippen molar-refractivity contribution in [2.45, 2.75) is 44.6 Å². The van der Waals surface area contributed by atoms with Crippen LogP contribution in [0.5, 0.6) is 5.75 Å². The third kappa shape index (κ3) is 6.61. The van der Waals surface area contributed by atoms with Crippen LogP contribution in [0.4, 0.5) is 13.2 Å². The Morgan fingerprint density at radius 3 is 2.35 bits per heavy atom. The van der Waals surface area contributed by atoms with E-state index >= 15 is 0 Å². The number of aliphatic hydroxyl groups is 1. The van der Waals surface area contributed by atoms with E-state index in [9.17, 15) is 18.3 Å². The van der Waals surface area contributed by atoms with Gasteiger partial charge >= 0.3 is 6.36 Å². The van der Waals surface area contributed by atoms with E-state index in [2.05, 4.69) is 11.3 Å². The predicted octanol–water partition coefficient (Wildman–Crippen LogP) is 4.76. The van der Waals surface area contributed by atoms with Crippen LogP contribution in [-0.4, -0.2) is 11.5 Å². The van der Waals surface area contributed by atoms with Crippen molar-refractivity contribution >= 4 is 0 Å². The van der Waals surface area contributed by atoms with Gasteiger partial charge in [0, 0.05) is 0 Å². The lowest BCUT2D eigenvalue weighted by Crippen LogP contribution is -2.17. The Hall–Kier alpha value is -1.49. The van der Waals surface area contributed by atoms with Crippen LogP contribution in [0.3, 0.4) is 0 Å². The number of alkyl halides is 3. The lowest BCUT2D eigenvalue weighted by atomic mass is 10.0. The van der Waals surface area contributed by atoms with Crippen LogP contribution < -0.4 is 4.74 Å². The van der Waals surface area contributed by atoms with Gasteiger partial charge < -0.3 is 9.84 Å². The highest BCUT2D eigenvalue weighted by molar-refractivity contribution is 5.28. The van der Waals surface area contributed by atoms with E-state index in [-0.39, 0.29) is 5.75 Å². The van der Waals surface area contributed by atoms with Crippen molar-refractivity contribution in [2.24, 2.45) is 0 Å². The minimum atomic E-state index is -4.69. The number of rotatable bonds is 8. The van der Waals surface area contributed by atoms with Gasteiger partial charge in [0.25, 0.3) is 0 Å². The Kier molecular flexibility index (Phi) is 6.58. The van der Waals surface area contributed by atoms with Gasteiger partial charge in [0.2, 0.25) is 0 Å². The highest BCUT2D eigenvalue weighted by Crippen LogP contribution is 2.26. The summed E-state index contributed by atoms with van der Waals surface area (Å²) in [6, 6.07) is 5.33. The molecule has 0 amide bonds. The molecule has 0 aliphatic rings. The van der Waals surface area contributed by atoms with Crippen LogP contribution in [0, 0.1) is 0 Å². The number of aliphatic hydroxyl groups excluding tert-OH is 1. The summed E-state index contributed by atoms with van der Waals surface area (Å²) >= 11 is 0. The Balaban J connectivity index is 2.41. The third-order valence-electron chi connectivity index (χ3n) is 2.88. The molecule has 0 radical (unpaired) electrons. The first-order chi connectivity index (χ1) is 9.42. The molecular formula is C15H19F3O2. The molecule has 0 saturated heterocycles. The summed E-state index contributed by atoms with van der Waals surface area (Å²) in [5, 5.41) is 9.92. The normalized spacial score (nSPS) is 13.0. The van der Waals surface area contributed by atoms with Crippen LogP contribution in [0.25, 0.3) is 0 Å². The molecule has 1 atom stereocenters. The summed E-state index contributed by atoms with van der Waals surface area (Å²) in [5.74, 6) is -0.278. The SMILES string of the molecule is C=CCCCCCC(O)c1ccc(OC(F)(F)F)cc1. The number of allylic oxidation sites excluding steroid dienone is 1. The average Bonchev–Trinajstić information content (AvgIpc) is 2.37. The number of halogens is 3. The first kappa shape index (κ1) is 16.6. The highest BCUT2D eigenvalue weighted by atomic mass is 19.4. The molecule has 2 nitrogen and oxygen atoms in total. The summed E-state index contributed by atoms with van der Waals surface area (Å²) in [5.41, 5.74) is 0.600. The number of hydrogen-bond acceptors (Lipinski definition) is 2. The van der Waals surface area contributed by atoms with E-state index in [1.807, 2.05) is 6.08 Å². The molecule has 5 heteroatoms. The van der Waals surface area contributed by atoms with E-state index in [0.29, 0.717) is 12.0 Å². The van der Waals surface area contributed by atoms with E-state index in [1.54, 1.807) is 0 Å². The third-order valence-corrected chi connectivity index (χ3v) is 2.88. The molecule has 0 aliphatic heterocycles. The molecule has 20 heavy (non-hydrogen) atoms. The molecule has 1 N–H and O–H groups in total. The van der Waals surface area contributed by atoms with Gasteiger partial charge in [-0.05, 0) is 37.0 Å². The van der Waals surface area contributed by atoms with Crippen LogP contribution in [0.2, 0.25) is 0 Å². The minimum absolute atomic E-state index is 0.278. The zero-order chi connectivity index (χ0) is 15.0. The lowest BCUT2D eigenvalue weighted by molar-refractivity contribution is -0.274. The van der Waals surface area contributed by atoms with Gasteiger partial charge in [-0.1, -0.05) is 31.1 Å². The molecule has 0 heterocycles. The van der Waals surface area contributed by atoms with E-state index in [4.69, 9.17) is 0 Å². The molecule has 112 valence electrons. The van der Waals surface area contributed by atoms with Crippen molar-refractivity contribution < 1.29 is 23.0 Å². The van der Waals surface area contributed by atoms with Gasteiger partial charge in [-0.15, -0.1) is 19.8 Å². The van der Waals surface area contributed by atoms with Crippen molar-refractivity contribution in [3.05, 3.63) is 42.5 Å². The maximum Gasteiger partial charge on any atom is 0.573 e. The van der Waals surface area contributed by atoms with Crippen molar-refractivity contribution in [1.82, 2.24) is 0 Å². The van der Waals surface area contributed by atoms with Crippen molar-refractivity contribution in [3.63, 3.8) is 0 Å². The summed E-state index contributed by atoms with van der Waals surface area (Å²) in [7, 11) is 0. The summed E-state index contributed by atoms with van der Waals surface area (Å²) in [6.45, 7) is 3.63. The standard InChI is InChI=1S/C15H19F3O2/c1-2-3-4-5-6-7-14(19)12-8-10-13(11-9-12)20-15(16,17)18/h2,8-11,14,19H,1,3-7H2. The Morgan fingerprint density at radius 2 is 1.80 bits per heavy atom. The molecule has 0 aromatic heterocycles. The molecular weight excluding hydrogens is 269 g/mol. The average molecular weight is 288 g/mol. The molecule has 0 saturated carbocycles. The van der Waals surface area contributed by atoms with E-state index < -0.39 is 12.5 Å². The lowest BCUT2D eigenvalue weighted by Gasteiger charge is -2.12. The summed E-state index contributed by atoms with van der Waals surface area (Å²) < 4.78 is 39.7. The molecule has 1 unspecified atom stereocenters. The fourth-order valence-electron chi connectivity index (χ4n) is 1.86. The molecule has 1 rings (SSSR count). The Morgan fingerprint density at radius 1 is 1.15 bits per heavy atom. The molecule has 0 fully saturated rings. The molecule has 1 aromatic carbocycles. The molecule has 1 aromatic rings. The van der Waals surface area contributed by atoms with E-state index in [1.165, 1.54) is 24.3 Å². The van der Waals surface area contributed by atoms with Crippen LogP contribution >= 0.6 is 0 Å². The number of benzene rings is 1. The molecule has 0 bridgehead atoms. The van der Waals surface area contributed by atoms with Gasteiger partial charge in [0.05, 0.1) is 6.10 Å². The zero-order valence-corrected chi connectivity index (χ0v) is 11.2.